The predicted molar refractivity (Wildman–Crippen MR) is 135 cm³/mol. The highest BCUT2D eigenvalue weighted by Gasteiger charge is 2.31. The Morgan fingerprint density at radius 2 is 2.00 bits per heavy atom. The summed E-state index contributed by atoms with van der Waals surface area (Å²) in [5, 5.41) is 2.45. The van der Waals surface area contributed by atoms with Gasteiger partial charge in [0, 0.05) is 23.3 Å². The lowest BCUT2D eigenvalue weighted by molar-refractivity contribution is -0.672. The molecule has 3 aromatic rings. The van der Waals surface area contributed by atoms with Gasteiger partial charge < -0.3 is 0 Å². The summed E-state index contributed by atoms with van der Waals surface area (Å²) in [7, 11) is 0.547. The lowest BCUT2D eigenvalue weighted by atomic mass is 9.88. The Balaban J connectivity index is 1.89. The zero-order valence-corrected chi connectivity index (χ0v) is 19.4. The standard InChI is InChI=1S/C28H29N2P/c1-7-14-30-20(6)19(5)28(31-30)22(9-3)17-23-16-21(8-2)24(10-4)27-25(23)18-29-15-12-11-13-26(27)29/h7-16,31H,1-2,4,6,17-18H2,3,5H3/q+2/b22-9-,30-14+. The van der Waals surface area contributed by atoms with E-state index in [1.54, 1.807) is 0 Å². The molecule has 1 atom stereocenters. The molecule has 31 heavy (non-hydrogen) atoms. The molecule has 0 spiro atoms. The predicted octanol–water partition coefficient (Wildman–Crippen LogP) is 5.17. The Labute approximate surface area is 186 Å². The number of aromatic nitrogens is 2. The molecule has 0 N–H and O–H groups in total. The van der Waals surface area contributed by atoms with Crippen molar-refractivity contribution in [2.24, 2.45) is 0 Å². The molecule has 3 heterocycles. The molecule has 0 amide bonds. The van der Waals surface area contributed by atoms with Gasteiger partial charge in [0.05, 0.1) is 10.9 Å². The second-order valence-electron chi connectivity index (χ2n) is 7.82. The number of benzene rings is 1. The summed E-state index contributed by atoms with van der Waals surface area (Å²) in [5.74, 6) is 0. The summed E-state index contributed by atoms with van der Waals surface area (Å²) in [5.41, 5.74) is 10.2. The van der Waals surface area contributed by atoms with Crippen molar-refractivity contribution in [1.29, 1.82) is 0 Å². The molecule has 2 nitrogen and oxygen atoms in total. The van der Waals surface area contributed by atoms with Gasteiger partial charge in [0.2, 0.25) is 11.0 Å². The lowest BCUT2D eigenvalue weighted by Gasteiger charge is -2.13. The van der Waals surface area contributed by atoms with Crippen molar-refractivity contribution in [3.8, 4) is 11.3 Å². The van der Waals surface area contributed by atoms with E-state index in [4.69, 9.17) is 0 Å². The molecule has 0 saturated heterocycles. The molecule has 0 radical (unpaired) electrons. The largest absolute Gasteiger partial charge is 0.213 e. The average molecular weight is 425 g/mol. The van der Waals surface area contributed by atoms with Crippen molar-refractivity contribution < 1.29 is 8.57 Å². The molecule has 0 saturated carbocycles. The fourth-order valence-electron chi connectivity index (χ4n) is 4.53. The van der Waals surface area contributed by atoms with Gasteiger partial charge in [0.1, 0.15) is 8.35 Å². The maximum Gasteiger partial charge on any atom is 0.213 e. The minimum Gasteiger partial charge on any atom is -0.194 e. The van der Waals surface area contributed by atoms with Crippen molar-refractivity contribution in [3.63, 3.8) is 0 Å². The summed E-state index contributed by atoms with van der Waals surface area (Å²) >= 11 is 0. The van der Waals surface area contributed by atoms with Crippen LogP contribution in [-0.2, 0) is 13.0 Å². The van der Waals surface area contributed by atoms with Crippen LogP contribution < -0.4 is 13.9 Å². The van der Waals surface area contributed by atoms with E-state index >= 15 is 0 Å². The Hall–Kier alpha value is -3.22. The summed E-state index contributed by atoms with van der Waals surface area (Å²) < 4.78 is 4.53. The van der Waals surface area contributed by atoms with Crippen molar-refractivity contribution >= 4 is 32.7 Å². The van der Waals surface area contributed by atoms with Crippen LogP contribution in [0.15, 0.2) is 62.4 Å². The smallest absolute Gasteiger partial charge is 0.194 e. The van der Waals surface area contributed by atoms with Crippen LogP contribution in [0.4, 0.5) is 0 Å². The third-order valence-electron chi connectivity index (χ3n) is 6.18. The van der Waals surface area contributed by atoms with Gasteiger partial charge in [-0.25, -0.2) is 0 Å². The maximum absolute atomic E-state index is 4.29. The van der Waals surface area contributed by atoms with Crippen LogP contribution in [0.3, 0.4) is 0 Å². The summed E-state index contributed by atoms with van der Waals surface area (Å²) in [6, 6.07) is 8.70. The van der Waals surface area contributed by atoms with Gasteiger partial charge in [0.25, 0.3) is 0 Å². The van der Waals surface area contributed by atoms with Crippen LogP contribution in [-0.4, -0.2) is 0 Å². The molecule has 1 aromatic carbocycles. The van der Waals surface area contributed by atoms with Gasteiger partial charge in [-0.05, 0) is 61.3 Å². The van der Waals surface area contributed by atoms with Gasteiger partial charge in [-0.3, -0.25) is 0 Å². The molecule has 1 unspecified atom stereocenters. The van der Waals surface area contributed by atoms with Crippen LogP contribution in [0.5, 0.6) is 0 Å². The lowest BCUT2D eigenvalue weighted by Crippen LogP contribution is -2.31. The molecule has 2 aromatic heterocycles. The quantitative estimate of drug-likeness (QED) is 0.378. The highest BCUT2D eigenvalue weighted by atomic mass is 31.0. The fourth-order valence-corrected chi connectivity index (χ4v) is 5.95. The highest BCUT2D eigenvalue weighted by molar-refractivity contribution is 7.23. The minimum atomic E-state index is 0.547. The van der Waals surface area contributed by atoms with E-state index in [0.29, 0.717) is 8.35 Å². The van der Waals surface area contributed by atoms with E-state index in [9.17, 15) is 0 Å². The van der Waals surface area contributed by atoms with Gasteiger partial charge in [-0.15, -0.1) is 0 Å². The van der Waals surface area contributed by atoms with Crippen molar-refractivity contribution in [3.05, 3.63) is 107 Å². The molecule has 4 rings (SSSR count). The first-order valence-corrected chi connectivity index (χ1v) is 11.5. The number of nitrogens with zero attached hydrogens (tertiary/aromatic N) is 2. The molecule has 0 fully saturated rings. The Bertz CT molecular complexity index is 1370. The van der Waals surface area contributed by atoms with Crippen LogP contribution in [0.1, 0.15) is 40.0 Å². The van der Waals surface area contributed by atoms with Gasteiger partial charge >= 0.3 is 0 Å². The third kappa shape index (κ3) is 3.48. The Morgan fingerprint density at radius 3 is 2.68 bits per heavy atom. The van der Waals surface area contributed by atoms with Crippen molar-refractivity contribution in [2.45, 2.75) is 26.8 Å². The highest BCUT2D eigenvalue weighted by Crippen LogP contribution is 2.38. The first-order chi connectivity index (χ1) is 15.0. The Morgan fingerprint density at radius 1 is 1.19 bits per heavy atom. The maximum atomic E-state index is 4.29. The van der Waals surface area contributed by atoms with E-state index in [1.165, 1.54) is 44.4 Å². The molecule has 3 heteroatoms. The Kier molecular flexibility index (Phi) is 5.76. The van der Waals surface area contributed by atoms with Crippen LogP contribution in [0, 0.1) is 13.1 Å². The van der Waals surface area contributed by atoms with Crippen molar-refractivity contribution in [2.75, 3.05) is 0 Å². The van der Waals surface area contributed by atoms with E-state index in [-0.39, 0.29) is 0 Å². The average Bonchev–Trinajstić information content (AvgIpc) is 3.31. The van der Waals surface area contributed by atoms with Crippen LogP contribution in [0.2, 0.25) is 0 Å². The van der Waals surface area contributed by atoms with Crippen LogP contribution >= 0.6 is 8.35 Å². The van der Waals surface area contributed by atoms with Crippen LogP contribution in [0.25, 0.3) is 35.6 Å². The minimum absolute atomic E-state index is 0.547. The van der Waals surface area contributed by atoms with Gasteiger partial charge in [-0.1, -0.05) is 44.0 Å². The monoisotopic (exact) mass is 424 g/mol. The van der Waals surface area contributed by atoms with Gasteiger partial charge in [0.15, 0.2) is 19.0 Å². The topological polar surface area (TPSA) is 9.78 Å². The molecule has 154 valence electrons. The molecule has 1 aliphatic heterocycles. The fraction of sp³-hybridized carbons (Fsp3) is 0.143. The van der Waals surface area contributed by atoms with E-state index in [0.717, 1.165) is 23.9 Å². The van der Waals surface area contributed by atoms with E-state index < -0.39 is 0 Å². The SMILES string of the molecule is C=C/C=[n+]1/[pH]c(/C(=C\C)Cc2cc(C=C)c(C=C)c3c2C[n+]2ccccc2-3)c(C)c1=C. The molecular formula is C28H29N2P+2. The summed E-state index contributed by atoms with van der Waals surface area (Å²) in [6.07, 6.45) is 13.1. The number of allylic oxidation sites excluding steroid dienone is 3. The van der Waals surface area contributed by atoms with E-state index in [1.807, 2.05) is 24.4 Å². The third-order valence-corrected chi connectivity index (χ3v) is 7.76. The number of fused-ring (bicyclic) bond motifs is 3. The molecular weight excluding hydrogens is 395 g/mol. The van der Waals surface area contributed by atoms with E-state index in [2.05, 4.69) is 85.3 Å². The number of pyridine rings is 1. The zero-order valence-electron chi connectivity index (χ0n) is 18.4. The second-order valence-corrected chi connectivity index (χ2v) is 9.02. The van der Waals surface area contributed by atoms with Gasteiger partial charge in [-0.2, -0.15) is 8.57 Å². The molecule has 0 bridgehead atoms. The van der Waals surface area contributed by atoms with Crippen molar-refractivity contribution in [1.82, 2.24) is 0 Å². The summed E-state index contributed by atoms with van der Waals surface area (Å²) in [4.78, 5) is 0. The number of rotatable bonds is 6. The first-order valence-electron chi connectivity index (χ1n) is 10.5. The zero-order chi connectivity index (χ0) is 22.1. The normalized spacial score (nSPS) is 13.4. The number of hydrogen-bond donors (Lipinski definition) is 0. The first kappa shape index (κ1) is 21.0. The second kappa shape index (κ2) is 8.49. The number of hydrogen-bond acceptors (Lipinski definition) is 0. The molecule has 1 aliphatic rings. The molecule has 0 aliphatic carbocycles. The summed E-state index contributed by atoms with van der Waals surface area (Å²) in [6.45, 7) is 21.5.